The molecule has 3 aromatic heterocycles. The van der Waals surface area contributed by atoms with Crippen molar-refractivity contribution >= 4 is 37.3 Å². The predicted molar refractivity (Wildman–Crippen MR) is 278 cm³/mol. The van der Waals surface area contributed by atoms with E-state index in [0.717, 1.165) is 91.1 Å². The van der Waals surface area contributed by atoms with Crippen LogP contribution in [0.25, 0.3) is 0 Å². The molecule has 3 heterocycles. The van der Waals surface area contributed by atoms with E-state index in [9.17, 15) is 0 Å². The highest BCUT2D eigenvalue weighted by Crippen LogP contribution is 2.15. The van der Waals surface area contributed by atoms with Crippen LogP contribution in [0.1, 0.15) is 39.3 Å². The number of hydrogen-bond donors (Lipinski definition) is 0. The molecule has 0 fully saturated rings. The largest absolute Gasteiger partial charge is 0.496 e. The molecule has 3 aromatic carbocycles. The molecular weight excluding hydrogens is 835 g/mol. The Hall–Kier alpha value is -7.35. The number of methoxy groups -OCH3 is 2. The lowest BCUT2D eigenvalue weighted by atomic mass is 10.1. The molecule has 0 atom stereocenters. The smallest absolute Gasteiger partial charge is 0.127 e. The van der Waals surface area contributed by atoms with Crippen molar-refractivity contribution in [2.75, 3.05) is 92.8 Å². The number of nitrogens with zero attached hydrogens (tertiary/aromatic N) is 11. The van der Waals surface area contributed by atoms with E-state index in [1.54, 1.807) is 32.8 Å². The van der Waals surface area contributed by atoms with Crippen LogP contribution >= 0.6 is 0 Å². The monoisotopic (exact) mass is 898 g/mol. The molecule has 0 aliphatic rings. The fraction of sp³-hybridized carbons (Fsp3) is 0.278. The lowest BCUT2D eigenvalue weighted by molar-refractivity contribution is 0.298. The van der Waals surface area contributed by atoms with Gasteiger partial charge in [-0.3, -0.25) is 54.7 Å². The zero-order valence-electron chi connectivity index (χ0n) is 39.0. The molecule has 0 saturated carbocycles. The Balaban J connectivity index is 0.000000254. The van der Waals surface area contributed by atoms with Crippen molar-refractivity contribution in [3.63, 3.8) is 0 Å². The second-order valence-corrected chi connectivity index (χ2v) is 15.0. The highest BCUT2D eigenvalue weighted by molar-refractivity contribution is 5.84. The molecule has 0 N–H and O–H groups in total. The number of hydrogen-bond acceptors (Lipinski definition) is 13. The maximum Gasteiger partial charge on any atom is 0.127 e. The quantitative estimate of drug-likeness (QED) is 0.0507. The summed E-state index contributed by atoms with van der Waals surface area (Å²) in [6, 6.07) is 41.5. The molecule has 13 nitrogen and oxygen atoms in total. The lowest BCUT2D eigenvalue weighted by Gasteiger charge is -2.19. The van der Waals surface area contributed by atoms with Gasteiger partial charge in [0.25, 0.3) is 0 Å². The van der Waals surface area contributed by atoms with Crippen LogP contribution in [0.3, 0.4) is 0 Å². The lowest BCUT2D eigenvalue weighted by Crippen LogP contribution is -2.31. The van der Waals surface area contributed by atoms with Crippen molar-refractivity contribution in [1.29, 1.82) is 0 Å². The molecule has 6 rings (SSSR count). The molecular formula is C54H63N11O2. The summed E-state index contributed by atoms with van der Waals surface area (Å²) in [5, 5.41) is 0. The van der Waals surface area contributed by atoms with Gasteiger partial charge in [0.15, 0.2) is 0 Å². The summed E-state index contributed by atoms with van der Waals surface area (Å²) in [5.41, 5.74) is 6.96. The standard InChI is InChI=1S/C30H36N4O2.C24H27N7/c1-25-10-4-5-11-26(25)22-31-16-19-34(20-17-32-23-27-12-6-8-14-29(27)35-2)21-18-33-24-28-13-7-9-15-30(28)36-3;1-4-10-28-22(7-1)19-25-13-16-31(17-14-26-20-23-8-2-5-11-29-23)18-15-27-21-24-9-3-6-12-30-24/h4-15,22-24H,16-21H2,1-3H3;1-12,19-21H,13-18H2. The second kappa shape index (κ2) is 31.5. The Morgan fingerprint density at radius 2 is 0.672 bits per heavy atom. The summed E-state index contributed by atoms with van der Waals surface area (Å²) < 4.78 is 10.8. The molecule has 0 aliphatic heterocycles. The average molecular weight is 898 g/mol. The Bertz CT molecular complexity index is 2250. The van der Waals surface area contributed by atoms with Crippen LogP contribution in [-0.2, 0) is 0 Å². The van der Waals surface area contributed by atoms with Crippen molar-refractivity contribution in [3.05, 3.63) is 185 Å². The molecule has 67 heavy (non-hydrogen) atoms. The third kappa shape index (κ3) is 20.6. The van der Waals surface area contributed by atoms with Gasteiger partial charge in [-0.1, -0.05) is 66.7 Å². The van der Waals surface area contributed by atoms with Crippen LogP contribution in [0.4, 0.5) is 0 Å². The van der Waals surface area contributed by atoms with Crippen molar-refractivity contribution in [1.82, 2.24) is 24.8 Å². The number of aromatic nitrogens is 3. The highest BCUT2D eigenvalue weighted by Gasteiger charge is 2.06. The van der Waals surface area contributed by atoms with E-state index >= 15 is 0 Å². The van der Waals surface area contributed by atoms with Gasteiger partial charge in [0, 0.05) is 106 Å². The maximum atomic E-state index is 5.41. The Morgan fingerprint density at radius 3 is 1.00 bits per heavy atom. The Labute approximate surface area is 396 Å². The summed E-state index contributed by atoms with van der Waals surface area (Å²) in [6.45, 7) is 11.3. The van der Waals surface area contributed by atoms with E-state index in [1.165, 1.54) is 5.56 Å². The van der Waals surface area contributed by atoms with E-state index < -0.39 is 0 Å². The van der Waals surface area contributed by atoms with Crippen LogP contribution in [-0.4, -0.2) is 155 Å². The minimum atomic E-state index is 0.690. The second-order valence-electron chi connectivity index (χ2n) is 15.0. The average Bonchev–Trinajstić information content (AvgIpc) is 3.38. The number of pyridine rings is 3. The van der Waals surface area contributed by atoms with Crippen LogP contribution < -0.4 is 9.47 Å². The first kappa shape index (κ1) is 50.6. The first-order valence-corrected chi connectivity index (χ1v) is 22.6. The van der Waals surface area contributed by atoms with Crippen molar-refractivity contribution < 1.29 is 9.47 Å². The van der Waals surface area contributed by atoms with Gasteiger partial charge in [-0.05, 0) is 78.7 Å². The van der Waals surface area contributed by atoms with Crippen LogP contribution in [0, 0.1) is 6.92 Å². The summed E-state index contributed by atoms with van der Waals surface area (Å²) in [5.74, 6) is 1.66. The molecule has 0 radical (unpaired) electrons. The topological polar surface area (TPSA) is 138 Å². The van der Waals surface area contributed by atoms with Gasteiger partial charge in [-0.25, -0.2) is 0 Å². The normalized spacial score (nSPS) is 11.8. The number of rotatable bonds is 26. The van der Waals surface area contributed by atoms with E-state index in [2.05, 4.69) is 73.8 Å². The molecule has 0 amide bonds. The third-order valence-corrected chi connectivity index (χ3v) is 10.2. The first-order valence-electron chi connectivity index (χ1n) is 22.6. The zero-order valence-corrected chi connectivity index (χ0v) is 39.0. The number of para-hydroxylation sites is 2. The van der Waals surface area contributed by atoms with Gasteiger partial charge in [0.05, 0.1) is 70.6 Å². The van der Waals surface area contributed by atoms with Crippen molar-refractivity contribution in [2.45, 2.75) is 6.92 Å². The van der Waals surface area contributed by atoms with Gasteiger partial charge >= 0.3 is 0 Å². The zero-order chi connectivity index (χ0) is 46.8. The summed E-state index contributed by atoms with van der Waals surface area (Å²) in [4.78, 5) is 44.9. The Kier molecular flexibility index (Phi) is 23.8. The molecule has 13 heteroatoms. The van der Waals surface area contributed by atoms with E-state index in [-0.39, 0.29) is 0 Å². The predicted octanol–water partition coefficient (Wildman–Crippen LogP) is 7.80. The molecule has 6 aromatic rings. The SMILES string of the molecule is C(=NCCN(CCN=Cc1ccccn1)CCN=Cc1ccccn1)c1ccccn1.COc1ccccc1C=NCCN(CCN=Cc1ccccc1C)CCN=Cc1ccccc1OC. The molecule has 0 unspecified atom stereocenters. The fourth-order valence-corrected chi connectivity index (χ4v) is 6.46. The number of benzene rings is 3. The van der Waals surface area contributed by atoms with Crippen molar-refractivity contribution in [3.8, 4) is 11.5 Å². The minimum absolute atomic E-state index is 0.690. The van der Waals surface area contributed by atoms with Crippen LogP contribution in [0.15, 0.2) is 176 Å². The number of ether oxygens (including phenoxy) is 2. The third-order valence-electron chi connectivity index (χ3n) is 10.2. The van der Waals surface area contributed by atoms with Gasteiger partial charge in [0.1, 0.15) is 11.5 Å². The van der Waals surface area contributed by atoms with E-state index in [4.69, 9.17) is 9.47 Å². The summed E-state index contributed by atoms with van der Waals surface area (Å²) >= 11 is 0. The first-order chi connectivity index (χ1) is 33.1. The van der Waals surface area contributed by atoms with Crippen LogP contribution in [0.5, 0.6) is 11.5 Å². The van der Waals surface area contributed by atoms with Gasteiger partial charge in [0.2, 0.25) is 0 Å². The Morgan fingerprint density at radius 1 is 0.373 bits per heavy atom. The molecule has 346 valence electrons. The molecule has 0 spiro atoms. The van der Waals surface area contributed by atoms with Crippen LogP contribution in [0.2, 0.25) is 0 Å². The highest BCUT2D eigenvalue weighted by atomic mass is 16.5. The minimum Gasteiger partial charge on any atom is -0.496 e. The van der Waals surface area contributed by atoms with Gasteiger partial charge in [-0.2, -0.15) is 0 Å². The molecule has 0 saturated heterocycles. The van der Waals surface area contributed by atoms with E-state index in [1.807, 2.05) is 153 Å². The van der Waals surface area contributed by atoms with Gasteiger partial charge < -0.3 is 9.47 Å². The van der Waals surface area contributed by atoms with Gasteiger partial charge in [-0.15, -0.1) is 0 Å². The van der Waals surface area contributed by atoms with E-state index in [0.29, 0.717) is 32.7 Å². The maximum absolute atomic E-state index is 5.41. The number of aryl methyl sites for hydroxylation is 1. The fourth-order valence-electron chi connectivity index (χ4n) is 6.46. The van der Waals surface area contributed by atoms with Crippen molar-refractivity contribution in [2.24, 2.45) is 30.0 Å². The molecule has 0 bridgehead atoms. The summed E-state index contributed by atoms with van der Waals surface area (Å²) in [7, 11) is 3.36. The molecule has 0 aliphatic carbocycles. The number of aliphatic imine (C=N–C) groups is 6. The summed E-state index contributed by atoms with van der Waals surface area (Å²) in [6.07, 6.45) is 16.5.